The fraction of sp³-hybridized carbons (Fsp3) is 0.889. The van der Waals surface area contributed by atoms with Gasteiger partial charge in [-0.25, -0.2) is 4.98 Å². The quantitative estimate of drug-likeness (QED) is 0.186. The third-order valence-corrected chi connectivity index (χ3v) is 6.74. The number of hydrogen-bond donors (Lipinski definition) is 0. The summed E-state index contributed by atoms with van der Waals surface area (Å²) >= 11 is 0. The van der Waals surface area contributed by atoms with E-state index in [1.807, 2.05) is 6.20 Å². The van der Waals surface area contributed by atoms with Gasteiger partial charge in [-0.05, 0) is 18.8 Å². The van der Waals surface area contributed by atoms with E-state index in [4.69, 9.17) is 0 Å². The molecule has 0 aromatic carbocycles. The van der Waals surface area contributed by atoms with Gasteiger partial charge >= 0.3 is 0 Å². The van der Waals surface area contributed by atoms with Gasteiger partial charge < -0.3 is 4.57 Å². The van der Waals surface area contributed by atoms with E-state index in [1.165, 1.54) is 122 Å². The molecule has 1 aromatic rings. The van der Waals surface area contributed by atoms with Crippen LogP contribution in [0.3, 0.4) is 0 Å². The van der Waals surface area contributed by atoms with Crippen molar-refractivity contribution >= 4 is 0 Å². The normalized spacial score (nSPS) is 13.6. The minimum atomic E-state index is 0.659. The summed E-state index contributed by atoms with van der Waals surface area (Å²) in [5.41, 5.74) is 0. The van der Waals surface area contributed by atoms with Crippen molar-refractivity contribution in [1.29, 1.82) is 0 Å². The number of unbranched alkanes of at least 4 members (excludes halogenated alkanes) is 13. The van der Waals surface area contributed by atoms with Crippen LogP contribution in [0.2, 0.25) is 0 Å². The van der Waals surface area contributed by atoms with Gasteiger partial charge in [0.1, 0.15) is 0 Å². The van der Waals surface area contributed by atoms with Crippen LogP contribution < -0.4 is 0 Å². The van der Waals surface area contributed by atoms with Crippen LogP contribution in [-0.2, 0) is 0 Å². The lowest BCUT2D eigenvalue weighted by molar-refractivity contribution is 0.311. The van der Waals surface area contributed by atoms with Crippen LogP contribution in [0.15, 0.2) is 18.7 Å². The Bertz CT molecular complexity index is 426. The summed E-state index contributed by atoms with van der Waals surface area (Å²) in [6, 6.07) is 0.659. The molecular weight excluding hydrogens is 352 g/mol. The average molecular weight is 405 g/mol. The van der Waals surface area contributed by atoms with E-state index in [0.29, 0.717) is 6.04 Å². The van der Waals surface area contributed by atoms with Crippen molar-refractivity contribution in [3.63, 3.8) is 0 Å². The third-order valence-electron chi connectivity index (χ3n) is 6.74. The standard InChI is InChI=1S/C27H52N2/c1-4-7-9-11-13-15-17-19-21-27(29-23-22-28-25-29)24-26(6-3)20-18-16-14-12-10-8-5-2/h22-23,25-27H,4-21,24H2,1-3H3. The molecule has 1 rings (SSSR count). The minimum absolute atomic E-state index is 0.659. The van der Waals surface area contributed by atoms with Crippen LogP contribution in [-0.4, -0.2) is 9.55 Å². The Morgan fingerprint density at radius 3 is 1.66 bits per heavy atom. The maximum Gasteiger partial charge on any atom is 0.0948 e. The van der Waals surface area contributed by atoms with Crippen molar-refractivity contribution in [2.75, 3.05) is 0 Å². The van der Waals surface area contributed by atoms with Crippen molar-refractivity contribution in [3.05, 3.63) is 18.7 Å². The number of hydrogen-bond acceptors (Lipinski definition) is 1. The highest BCUT2D eigenvalue weighted by Crippen LogP contribution is 2.29. The predicted octanol–water partition coefficient (Wildman–Crippen LogP) is 9.51. The molecule has 0 aliphatic rings. The van der Waals surface area contributed by atoms with Gasteiger partial charge in [-0.2, -0.15) is 0 Å². The largest absolute Gasteiger partial charge is 0.334 e. The van der Waals surface area contributed by atoms with Gasteiger partial charge in [0.05, 0.1) is 6.33 Å². The Balaban J connectivity index is 2.26. The summed E-state index contributed by atoms with van der Waals surface area (Å²) in [4.78, 5) is 4.34. The Morgan fingerprint density at radius 1 is 0.655 bits per heavy atom. The summed E-state index contributed by atoms with van der Waals surface area (Å²) in [7, 11) is 0. The lowest BCUT2D eigenvalue weighted by atomic mass is 9.89. The molecule has 0 amide bonds. The number of rotatable bonds is 21. The van der Waals surface area contributed by atoms with Gasteiger partial charge in [0.25, 0.3) is 0 Å². The molecule has 0 spiro atoms. The molecule has 0 radical (unpaired) electrons. The smallest absolute Gasteiger partial charge is 0.0948 e. The first kappa shape index (κ1) is 26.2. The molecule has 0 saturated heterocycles. The number of nitrogens with zero attached hydrogens (tertiary/aromatic N) is 2. The first-order valence-electron chi connectivity index (χ1n) is 13.3. The zero-order valence-electron chi connectivity index (χ0n) is 20.2. The lowest BCUT2D eigenvalue weighted by Crippen LogP contribution is -2.13. The molecule has 170 valence electrons. The van der Waals surface area contributed by atoms with E-state index in [2.05, 4.69) is 42.8 Å². The zero-order chi connectivity index (χ0) is 21.0. The Labute approximate surface area is 183 Å². The van der Waals surface area contributed by atoms with E-state index in [9.17, 15) is 0 Å². The van der Waals surface area contributed by atoms with E-state index >= 15 is 0 Å². The van der Waals surface area contributed by atoms with E-state index in [-0.39, 0.29) is 0 Å². The highest BCUT2D eigenvalue weighted by Gasteiger charge is 2.16. The molecule has 0 N–H and O–H groups in total. The van der Waals surface area contributed by atoms with Crippen LogP contribution >= 0.6 is 0 Å². The topological polar surface area (TPSA) is 17.8 Å². The van der Waals surface area contributed by atoms with Gasteiger partial charge in [-0.15, -0.1) is 0 Å². The van der Waals surface area contributed by atoms with Crippen molar-refractivity contribution in [2.45, 2.75) is 149 Å². The highest BCUT2D eigenvalue weighted by atomic mass is 15.0. The second-order valence-electron chi connectivity index (χ2n) is 9.35. The Hall–Kier alpha value is -0.790. The van der Waals surface area contributed by atoms with Gasteiger partial charge in [0.15, 0.2) is 0 Å². The lowest BCUT2D eigenvalue weighted by Gasteiger charge is -2.24. The molecular formula is C27H52N2. The Kier molecular flexibility index (Phi) is 17.4. The molecule has 0 fully saturated rings. The maximum atomic E-state index is 4.34. The minimum Gasteiger partial charge on any atom is -0.334 e. The van der Waals surface area contributed by atoms with Crippen molar-refractivity contribution in [3.8, 4) is 0 Å². The Morgan fingerprint density at radius 2 is 1.17 bits per heavy atom. The predicted molar refractivity (Wildman–Crippen MR) is 129 cm³/mol. The van der Waals surface area contributed by atoms with Crippen molar-refractivity contribution in [1.82, 2.24) is 9.55 Å². The number of imidazole rings is 1. The van der Waals surface area contributed by atoms with Gasteiger partial charge in [-0.1, -0.05) is 130 Å². The molecule has 1 heterocycles. The molecule has 29 heavy (non-hydrogen) atoms. The van der Waals surface area contributed by atoms with Crippen LogP contribution in [0.5, 0.6) is 0 Å². The van der Waals surface area contributed by atoms with Crippen LogP contribution in [0, 0.1) is 5.92 Å². The molecule has 0 aliphatic heterocycles. The number of aromatic nitrogens is 2. The molecule has 2 nitrogen and oxygen atoms in total. The first-order chi connectivity index (χ1) is 14.3. The van der Waals surface area contributed by atoms with Gasteiger partial charge in [-0.3, -0.25) is 0 Å². The van der Waals surface area contributed by atoms with E-state index in [0.717, 1.165) is 5.92 Å². The average Bonchev–Trinajstić information content (AvgIpc) is 3.27. The van der Waals surface area contributed by atoms with Crippen molar-refractivity contribution < 1.29 is 0 Å². The molecule has 2 unspecified atom stereocenters. The second-order valence-corrected chi connectivity index (χ2v) is 9.35. The summed E-state index contributed by atoms with van der Waals surface area (Å²) in [5.74, 6) is 0.882. The third kappa shape index (κ3) is 13.9. The first-order valence-corrected chi connectivity index (χ1v) is 13.3. The fourth-order valence-electron chi connectivity index (χ4n) is 4.65. The summed E-state index contributed by atoms with van der Waals surface area (Å²) in [6.45, 7) is 7.00. The molecule has 2 atom stereocenters. The fourth-order valence-corrected chi connectivity index (χ4v) is 4.65. The summed E-state index contributed by atoms with van der Waals surface area (Å²) in [6.07, 6.45) is 32.9. The molecule has 0 aliphatic carbocycles. The van der Waals surface area contributed by atoms with Crippen LogP contribution in [0.4, 0.5) is 0 Å². The molecule has 2 heteroatoms. The highest BCUT2D eigenvalue weighted by molar-refractivity contribution is 4.82. The van der Waals surface area contributed by atoms with Gasteiger partial charge in [0, 0.05) is 18.4 Å². The second kappa shape index (κ2) is 19.2. The van der Waals surface area contributed by atoms with E-state index < -0.39 is 0 Å². The van der Waals surface area contributed by atoms with E-state index in [1.54, 1.807) is 0 Å². The van der Waals surface area contributed by atoms with Crippen LogP contribution in [0.1, 0.15) is 149 Å². The maximum absolute atomic E-state index is 4.34. The van der Waals surface area contributed by atoms with Crippen molar-refractivity contribution in [2.24, 2.45) is 5.92 Å². The summed E-state index contributed by atoms with van der Waals surface area (Å²) < 4.78 is 2.40. The zero-order valence-corrected chi connectivity index (χ0v) is 20.2. The molecule has 0 saturated carbocycles. The SMILES string of the molecule is CCCCCCCCCCC(CC(CC)CCCCCCCCC)n1ccnc1. The van der Waals surface area contributed by atoms with Crippen LogP contribution in [0.25, 0.3) is 0 Å². The summed E-state index contributed by atoms with van der Waals surface area (Å²) in [5, 5.41) is 0. The molecule has 0 bridgehead atoms. The molecule has 1 aromatic heterocycles. The van der Waals surface area contributed by atoms with Gasteiger partial charge in [0.2, 0.25) is 0 Å². The monoisotopic (exact) mass is 404 g/mol.